The zero-order valence-corrected chi connectivity index (χ0v) is 40.0. The Morgan fingerprint density at radius 1 is 0.384 bits per heavy atom. The van der Waals surface area contributed by atoms with Gasteiger partial charge in [0, 0.05) is 66.6 Å². The number of thiophene rings is 1. The fourth-order valence-corrected chi connectivity index (χ4v) is 12.6. The monoisotopic (exact) mass is 948 g/mol. The number of pyridine rings is 2. The van der Waals surface area contributed by atoms with E-state index in [1.165, 1.54) is 47.1 Å². The highest BCUT2D eigenvalue weighted by atomic mass is 32.1. The van der Waals surface area contributed by atoms with Gasteiger partial charge in [-0.15, -0.1) is 11.3 Å². The van der Waals surface area contributed by atoms with Crippen LogP contribution in [0.2, 0.25) is 0 Å². The van der Waals surface area contributed by atoms with Gasteiger partial charge in [-0.1, -0.05) is 170 Å². The highest BCUT2D eigenvalue weighted by molar-refractivity contribution is 7.27. The molecule has 0 fully saturated rings. The van der Waals surface area contributed by atoms with Crippen LogP contribution < -0.4 is 0 Å². The minimum Gasteiger partial charge on any atom is -0.292 e. The molecule has 0 unspecified atom stereocenters. The number of hydrogen-bond donors (Lipinski definition) is 0. The summed E-state index contributed by atoms with van der Waals surface area (Å²) < 4.78 is 7.22. The van der Waals surface area contributed by atoms with Crippen LogP contribution in [0.4, 0.5) is 0 Å². The quantitative estimate of drug-likeness (QED) is 0.160. The third-order valence-corrected chi connectivity index (χ3v) is 15.6. The van der Waals surface area contributed by atoms with Gasteiger partial charge in [0.05, 0.1) is 32.8 Å². The Morgan fingerprint density at radius 2 is 0.959 bits per heavy atom. The molecule has 0 atom stereocenters. The maximum absolute atomic E-state index is 6.15. The predicted molar refractivity (Wildman–Crippen MR) is 304 cm³/mol. The third kappa shape index (κ3) is 6.42. The SMILES string of the molecule is c1ccc(-c2c(-c3ccccc3)n(-c3ccccc3)c3nc(-c4cc(-c5ccccn5)cc(-c5ccccn5)c4)c(-n4c5ccccc5c5c6ccccc6c6c7ccc8ccccc8c7sc6c54)nc23)cc1. The molecule has 0 N–H and O–H groups in total. The molecule has 15 rings (SSSR count). The molecule has 340 valence electrons. The normalized spacial score (nSPS) is 11.8. The molecule has 73 heavy (non-hydrogen) atoms. The summed E-state index contributed by atoms with van der Waals surface area (Å²) in [6, 6.07) is 81.9. The summed E-state index contributed by atoms with van der Waals surface area (Å²) in [6.07, 6.45) is 3.70. The first kappa shape index (κ1) is 41.2. The lowest BCUT2D eigenvalue weighted by Crippen LogP contribution is -2.06. The Hall–Kier alpha value is -9.56. The summed E-state index contributed by atoms with van der Waals surface area (Å²) in [5, 5.41) is 9.74. The van der Waals surface area contributed by atoms with Crippen molar-refractivity contribution in [2.24, 2.45) is 0 Å². The van der Waals surface area contributed by atoms with Crippen LogP contribution in [0.3, 0.4) is 0 Å². The minimum absolute atomic E-state index is 0.727. The van der Waals surface area contributed by atoms with Crippen molar-refractivity contribution >= 4 is 86.0 Å². The topological polar surface area (TPSA) is 61.4 Å². The first-order valence-corrected chi connectivity index (χ1v) is 25.4. The lowest BCUT2D eigenvalue weighted by atomic mass is 9.97. The number of nitrogens with zero attached hydrogens (tertiary/aromatic N) is 6. The molecule has 0 saturated heterocycles. The zero-order chi connectivity index (χ0) is 48.0. The Balaban J connectivity index is 1.18. The van der Waals surface area contributed by atoms with Crippen LogP contribution in [0.5, 0.6) is 0 Å². The van der Waals surface area contributed by atoms with E-state index >= 15 is 0 Å². The van der Waals surface area contributed by atoms with E-state index in [1.54, 1.807) is 0 Å². The van der Waals surface area contributed by atoms with Crippen molar-refractivity contribution in [3.63, 3.8) is 0 Å². The van der Waals surface area contributed by atoms with Crippen LogP contribution >= 0.6 is 11.3 Å². The van der Waals surface area contributed by atoms with Crippen molar-refractivity contribution in [3.05, 3.63) is 243 Å². The van der Waals surface area contributed by atoms with Gasteiger partial charge in [-0.2, -0.15) is 0 Å². The Labute approximate surface area is 423 Å². The van der Waals surface area contributed by atoms with Crippen molar-refractivity contribution in [3.8, 4) is 67.7 Å². The van der Waals surface area contributed by atoms with E-state index in [0.717, 1.165) is 95.2 Å². The maximum atomic E-state index is 6.15. The highest BCUT2D eigenvalue weighted by Gasteiger charge is 2.30. The Morgan fingerprint density at radius 3 is 1.64 bits per heavy atom. The lowest BCUT2D eigenvalue weighted by molar-refractivity contribution is 1.05. The molecule has 0 aliphatic heterocycles. The molecule has 6 heterocycles. The van der Waals surface area contributed by atoms with Crippen molar-refractivity contribution in [2.75, 3.05) is 0 Å². The van der Waals surface area contributed by atoms with Gasteiger partial charge < -0.3 is 0 Å². The first-order chi connectivity index (χ1) is 36.2. The molecule has 0 bridgehead atoms. The first-order valence-electron chi connectivity index (χ1n) is 24.5. The molecule has 0 aliphatic carbocycles. The summed E-state index contributed by atoms with van der Waals surface area (Å²) in [7, 11) is 0. The van der Waals surface area contributed by atoms with Crippen molar-refractivity contribution in [2.45, 2.75) is 0 Å². The number of para-hydroxylation sites is 2. The fourth-order valence-electron chi connectivity index (χ4n) is 11.3. The van der Waals surface area contributed by atoms with Gasteiger partial charge in [-0.3, -0.25) is 19.1 Å². The average molecular weight is 949 g/mol. The molecule has 0 aliphatic rings. The zero-order valence-electron chi connectivity index (χ0n) is 39.2. The van der Waals surface area contributed by atoms with E-state index in [1.807, 2.05) is 48.0 Å². The van der Waals surface area contributed by atoms with Crippen LogP contribution in [-0.4, -0.2) is 29.1 Å². The largest absolute Gasteiger partial charge is 0.292 e. The van der Waals surface area contributed by atoms with Gasteiger partial charge >= 0.3 is 0 Å². The van der Waals surface area contributed by atoms with Crippen molar-refractivity contribution in [1.82, 2.24) is 29.1 Å². The Kier molecular flexibility index (Phi) is 9.33. The second-order valence-corrected chi connectivity index (χ2v) is 19.5. The van der Waals surface area contributed by atoms with Gasteiger partial charge in [-0.05, 0) is 93.3 Å². The van der Waals surface area contributed by atoms with E-state index in [4.69, 9.17) is 19.9 Å². The second kappa shape index (κ2) is 16.5. The molecule has 0 radical (unpaired) electrons. The van der Waals surface area contributed by atoms with Gasteiger partial charge in [-0.25, -0.2) is 9.97 Å². The summed E-state index contributed by atoms with van der Waals surface area (Å²) in [5.41, 5.74) is 14.0. The smallest absolute Gasteiger partial charge is 0.165 e. The predicted octanol–water partition coefficient (Wildman–Crippen LogP) is 17.3. The second-order valence-electron chi connectivity index (χ2n) is 18.5. The lowest BCUT2D eigenvalue weighted by Gasteiger charge is -2.16. The molecule has 0 amide bonds. The summed E-state index contributed by atoms with van der Waals surface area (Å²) in [5.74, 6) is 0.727. The van der Waals surface area contributed by atoms with E-state index in [2.05, 4.69) is 215 Å². The fraction of sp³-hybridized carbons (Fsp3) is 0. The van der Waals surface area contributed by atoms with Gasteiger partial charge in [0.2, 0.25) is 0 Å². The minimum atomic E-state index is 0.727. The van der Waals surface area contributed by atoms with Crippen molar-refractivity contribution < 1.29 is 0 Å². The van der Waals surface area contributed by atoms with Crippen LogP contribution in [0.15, 0.2) is 243 Å². The standard InChI is InChI=1S/C66H40N6S/c1-4-21-42(22-5-1)56-60-66(71(47-25-8-3-9-26-47)61(56)43-23-6-2-7-24-43)69-59(46-39-44(53-31-16-18-36-67-53)38-45(40-46)54-32-17-19-37-68-54)65(70-60)72-55-33-15-14-30-51(55)57-49-28-12-13-29-50(49)58-52-35-34-41-20-10-11-27-48(41)63(52)73-64(58)62(57)72/h1-40H. The number of benzene rings is 9. The number of fused-ring (bicyclic) bond motifs is 13. The highest BCUT2D eigenvalue weighted by Crippen LogP contribution is 2.51. The van der Waals surface area contributed by atoms with Crippen LogP contribution in [0.1, 0.15) is 0 Å². The van der Waals surface area contributed by atoms with Gasteiger partial charge in [0.1, 0.15) is 11.2 Å². The van der Waals surface area contributed by atoms with Crippen LogP contribution in [-0.2, 0) is 0 Å². The van der Waals surface area contributed by atoms with E-state index in [0.29, 0.717) is 0 Å². The molecule has 15 aromatic rings. The van der Waals surface area contributed by atoms with E-state index < -0.39 is 0 Å². The number of hydrogen-bond acceptors (Lipinski definition) is 5. The molecule has 6 nitrogen and oxygen atoms in total. The van der Waals surface area contributed by atoms with E-state index in [9.17, 15) is 0 Å². The molecule has 7 heteroatoms. The molecule has 9 aromatic carbocycles. The molecular formula is C66H40N6S. The average Bonchev–Trinajstić information content (AvgIpc) is 4.15. The summed E-state index contributed by atoms with van der Waals surface area (Å²) in [6.45, 7) is 0. The van der Waals surface area contributed by atoms with Crippen LogP contribution in [0, 0.1) is 0 Å². The molecular weight excluding hydrogens is 909 g/mol. The molecule has 6 aromatic heterocycles. The maximum Gasteiger partial charge on any atom is 0.165 e. The Bertz CT molecular complexity index is 4580. The molecule has 0 saturated carbocycles. The summed E-state index contributed by atoms with van der Waals surface area (Å²) >= 11 is 1.88. The van der Waals surface area contributed by atoms with E-state index in [-0.39, 0.29) is 0 Å². The number of rotatable bonds is 7. The van der Waals surface area contributed by atoms with Crippen molar-refractivity contribution in [1.29, 1.82) is 0 Å². The number of aromatic nitrogens is 6. The third-order valence-electron chi connectivity index (χ3n) is 14.4. The summed E-state index contributed by atoms with van der Waals surface area (Å²) in [4.78, 5) is 22.0. The van der Waals surface area contributed by atoms with Gasteiger partial charge in [0.15, 0.2) is 11.5 Å². The van der Waals surface area contributed by atoms with Gasteiger partial charge in [0.25, 0.3) is 0 Å². The molecule has 0 spiro atoms. The van der Waals surface area contributed by atoms with Crippen LogP contribution in [0.25, 0.3) is 142 Å².